The van der Waals surface area contributed by atoms with Crippen molar-refractivity contribution in [3.05, 3.63) is 30.2 Å². The summed E-state index contributed by atoms with van der Waals surface area (Å²) in [6.45, 7) is 2.14. The third-order valence-corrected chi connectivity index (χ3v) is 2.45. The molecule has 4 heteroatoms. The Bertz CT molecular complexity index is 488. The molecule has 0 unspecified atom stereocenters. The molecule has 0 bridgehead atoms. The standard InChI is InChI=1S/C12H16N4/c1-3-4-11-10(8-16(2)15-11)12-7-9(13)5-6-14-12/h5-8H,3-4H2,1-2H3,(H2,13,14). The molecule has 0 saturated heterocycles. The van der Waals surface area contributed by atoms with Crippen molar-refractivity contribution < 1.29 is 0 Å². The van der Waals surface area contributed by atoms with Crippen molar-refractivity contribution in [2.75, 3.05) is 5.73 Å². The van der Waals surface area contributed by atoms with Gasteiger partial charge in [-0.1, -0.05) is 13.3 Å². The molecule has 2 rings (SSSR count). The van der Waals surface area contributed by atoms with Gasteiger partial charge in [-0.2, -0.15) is 5.10 Å². The van der Waals surface area contributed by atoms with Crippen LogP contribution in [0.25, 0.3) is 11.3 Å². The second-order valence-electron chi connectivity index (χ2n) is 3.89. The minimum Gasteiger partial charge on any atom is -0.399 e. The summed E-state index contributed by atoms with van der Waals surface area (Å²) in [7, 11) is 1.93. The second kappa shape index (κ2) is 4.35. The van der Waals surface area contributed by atoms with Crippen molar-refractivity contribution in [3.63, 3.8) is 0 Å². The predicted octanol–water partition coefficient (Wildman–Crippen LogP) is 2.02. The molecule has 0 spiro atoms. The van der Waals surface area contributed by atoms with E-state index in [4.69, 9.17) is 5.73 Å². The first-order chi connectivity index (χ1) is 7.70. The van der Waals surface area contributed by atoms with Crippen LogP contribution in [0.2, 0.25) is 0 Å². The number of nitrogen functional groups attached to an aromatic ring is 1. The van der Waals surface area contributed by atoms with E-state index in [0.29, 0.717) is 0 Å². The highest BCUT2D eigenvalue weighted by Gasteiger charge is 2.10. The van der Waals surface area contributed by atoms with E-state index in [1.54, 1.807) is 12.3 Å². The quantitative estimate of drug-likeness (QED) is 0.854. The van der Waals surface area contributed by atoms with Crippen LogP contribution in [0.1, 0.15) is 19.0 Å². The molecule has 0 aromatic carbocycles. The lowest BCUT2D eigenvalue weighted by Crippen LogP contribution is -1.92. The van der Waals surface area contributed by atoms with Crippen molar-refractivity contribution in [2.24, 2.45) is 7.05 Å². The average molecular weight is 216 g/mol. The average Bonchev–Trinajstić information content (AvgIpc) is 2.60. The first-order valence-corrected chi connectivity index (χ1v) is 5.45. The highest BCUT2D eigenvalue weighted by molar-refractivity contribution is 5.64. The number of nitrogens with two attached hydrogens (primary N) is 1. The van der Waals surface area contributed by atoms with Gasteiger partial charge in [0.05, 0.1) is 11.4 Å². The molecule has 84 valence electrons. The zero-order valence-corrected chi connectivity index (χ0v) is 9.64. The molecule has 4 nitrogen and oxygen atoms in total. The van der Waals surface area contributed by atoms with Crippen LogP contribution in [0.4, 0.5) is 5.69 Å². The molecule has 0 atom stereocenters. The smallest absolute Gasteiger partial charge is 0.0756 e. The minimum atomic E-state index is 0.733. The lowest BCUT2D eigenvalue weighted by molar-refractivity contribution is 0.733. The van der Waals surface area contributed by atoms with E-state index in [0.717, 1.165) is 35.5 Å². The van der Waals surface area contributed by atoms with Gasteiger partial charge in [0.2, 0.25) is 0 Å². The van der Waals surface area contributed by atoms with Crippen LogP contribution in [0.3, 0.4) is 0 Å². The molecule has 2 N–H and O–H groups in total. The Hall–Kier alpha value is -1.84. The van der Waals surface area contributed by atoms with Crippen molar-refractivity contribution in [1.29, 1.82) is 0 Å². The number of nitrogens with zero attached hydrogens (tertiary/aromatic N) is 3. The lowest BCUT2D eigenvalue weighted by atomic mass is 10.1. The van der Waals surface area contributed by atoms with E-state index < -0.39 is 0 Å². The summed E-state index contributed by atoms with van der Waals surface area (Å²) >= 11 is 0. The van der Waals surface area contributed by atoms with Crippen molar-refractivity contribution >= 4 is 5.69 Å². The molecule has 0 radical (unpaired) electrons. The monoisotopic (exact) mass is 216 g/mol. The third-order valence-electron chi connectivity index (χ3n) is 2.45. The third kappa shape index (κ3) is 2.05. The Balaban J connectivity index is 2.46. The molecule has 2 heterocycles. The number of hydrogen-bond donors (Lipinski definition) is 1. The Labute approximate surface area is 95.1 Å². The van der Waals surface area contributed by atoms with E-state index in [9.17, 15) is 0 Å². The first-order valence-electron chi connectivity index (χ1n) is 5.45. The number of pyridine rings is 1. The molecule has 0 fully saturated rings. The van der Waals surface area contributed by atoms with Gasteiger partial charge in [0, 0.05) is 30.7 Å². The Morgan fingerprint density at radius 3 is 2.94 bits per heavy atom. The van der Waals surface area contributed by atoms with Crippen LogP contribution < -0.4 is 5.73 Å². The zero-order chi connectivity index (χ0) is 11.5. The van der Waals surface area contributed by atoms with Gasteiger partial charge in [-0.25, -0.2) is 0 Å². The van der Waals surface area contributed by atoms with Gasteiger partial charge in [0.1, 0.15) is 0 Å². The highest BCUT2D eigenvalue weighted by atomic mass is 15.3. The molecule has 0 aliphatic heterocycles. The molecule has 0 aliphatic carbocycles. The number of rotatable bonds is 3. The maximum atomic E-state index is 5.76. The molecule has 16 heavy (non-hydrogen) atoms. The van der Waals surface area contributed by atoms with Crippen LogP contribution in [0, 0.1) is 0 Å². The molecule has 0 aliphatic rings. The van der Waals surface area contributed by atoms with Crippen LogP contribution in [-0.2, 0) is 13.5 Å². The summed E-state index contributed by atoms with van der Waals surface area (Å²) < 4.78 is 1.82. The van der Waals surface area contributed by atoms with Crippen LogP contribution in [0.15, 0.2) is 24.5 Å². The fourth-order valence-corrected chi connectivity index (χ4v) is 1.76. The van der Waals surface area contributed by atoms with Gasteiger partial charge in [0.15, 0.2) is 0 Å². The summed E-state index contributed by atoms with van der Waals surface area (Å²) in [6.07, 6.45) is 5.76. The maximum absolute atomic E-state index is 5.76. The first kappa shape index (κ1) is 10.7. The fourth-order valence-electron chi connectivity index (χ4n) is 1.76. The molecule has 0 amide bonds. The van der Waals surface area contributed by atoms with E-state index >= 15 is 0 Å². The van der Waals surface area contributed by atoms with Gasteiger partial charge in [-0.3, -0.25) is 9.67 Å². The summed E-state index contributed by atoms with van der Waals surface area (Å²) in [5.41, 5.74) is 9.56. The normalized spacial score (nSPS) is 10.6. The maximum Gasteiger partial charge on any atom is 0.0756 e. The lowest BCUT2D eigenvalue weighted by Gasteiger charge is -2.01. The fraction of sp³-hybridized carbons (Fsp3) is 0.333. The summed E-state index contributed by atoms with van der Waals surface area (Å²) in [4.78, 5) is 4.33. The Morgan fingerprint density at radius 1 is 1.44 bits per heavy atom. The predicted molar refractivity (Wildman–Crippen MR) is 64.8 cm³/mol. The summed E-state index contributed by atoms with van der Waals surface area (Å²) in [5, 5.41) is 4.44. The van der Waals surface area contributed by atoms with Gasteiger partial charge < -0.3 is 5.73 Å². The zero-order valence-electron chi connectivity index (χ0n) is 9.64. The van der Waals surface area contributed by atoms with Crippen molar-refractivity contribution in [3.8, 4) is 11.3 Å². The van der Waals surface area contributed by atoms with Gasteiger partial charge >= 0.3 is 0 Å². The molecule has 0 saturated carbocycles. The van der Waals surface area contributed by atoms with Crippen LogP contribution in [-0.4, -0.2) is 14.8 Å². The number of aromatic nitrogens is 3. The van der Waals surface area contributed by atoms with Gasteiger partial charge in [-0.15, -0.1) is 0 Å². The van der Waals surface area contributed by atoms with Crippen LogP contribution >= 0.6 is 0 Å². The second-order valence-corrected chi connectivity index (χ2v) is 3.89. The van der Waals surface area contributed by atoms with E-state index in [1.165, 1.54) is 0 Å². The number of anilines is 1. The van der Waals surface area contributed by atoms with Gasteiger partial charge in [0.25, 0.3) is 0 Å². The van der Waals surface area contributed by atoms with Crippen LogP contribution in [0.5, 0.6) is 0 Å². The minimum absolute atomic E-state index is 0.733. The Morgan fingerprint density at radius 2 is 2.25 bits per heavy atom. The number of hydrogen-bond acceptors (Lipinski definition) is 3. The van der Waals surface area contributed by atoms with Crippen molar-refractivity contribution in [1.82, 2.24) is 14.8 Å². The topological polar surface area (TPSA) is 56.7 Å². The summed E-state index contributed by atoms with van der Waals surface area (Å²) in [6, 6.07) is 3.68. The van der Waals surface area contributed by atoms with Crippen molar-refractivity contribution in [2.45, 2.75) is 19.8 Å². The molecule has 2 aromatic heterocycles. The molecule has 2 aromatic rings. The summed E-state index contributed by atoms with van der Waals surface area (Å²) in [5.74, 6) is 0. The largest absolute Gasteiger partial charge is 0.399 e. The van der Waals surface area contributed by atoms with E-state index in [2.05, 4.69) is 17.0 Å². The number of aryl methyl sites for hydroxylation is 2. The van der Waals surface area contributed by atoms with E-state index in [-0.39, 0.29) is 0 Å². The molecular formula is C12H16N4. The van der Waals surface area contributed by atoms with E-state index in [1.807, 2.05) is 24.0 Å². The molecular weight excluding hydrogens is 200 g/mol. The van der Waals surface area contributed by atoms with Gasteiger partial charge in [-0.05, 0) is 18.6 Å². The Kier molecular flexibility index (Phi) is 2.90. The highest BCUT2D eigenvalue weighted by Crippen LogP contribution is 2.23. The SMILES string of the molecule is CCCc1nn(C)cc1-c1cc(N)ccn1.